The summed E-state index contributed by atoms with van der Waals surface area (Å²) in [5.74, 6) is 1.62. The summed E-state index contributed by atoms with van der Waals surface area (Å²) in [6.07, 6.45) is 3.24. The fourth-order valence-electron chi connectivity index (χ4n) is 1.72. The van der Waals surface area contributed by atoms with E-state index in [9.17, 15) is 0 Å². The number of nitrogens with zero attached hydrogens (tertiary/aromatic N) is 2. The zero-order valence-electron chi connectivity index (χ0n) is 10.2. The van der Waals surface area contributed by atoms with Gasteiger partial charge in [-0.2, -0.15) is 0 Å². The topological polar surface area (TPSA) is 73.8 Å². The van der Waals surface area contributed by atoms with Crippen molar-refractivity contribution in [2.45, 2.75) is 32.7 Å². The summed E-state index contributed by atoms with van der Waals surface area (Å²) in [6.45, 7) is 4.32. The number of aliphatic hydroxyl groups is 1. The second-order valence-corrected chi connectivity index (χ2v) is 4.35. The predicted molar refractivity (Wildman–Crippen MR) is 68.1 cm³/mol. The van der Waals surface area contributed by atoms with Crippen LogP contribution in [0.2, 0.25) is 0 Å². The lowest BCUT2D eigenvalue weighted by atomic mass is 10.3. The fourth-order valence-corrected chi connectivity index (χ4v) is 1.72. The van der Waals surface area contributed by atoms with Crippen molar-refractivity contribution in [2.24, 2.45) is 0 Å². The average Bonchev–Trinajstić information content (AvgIpc) is 2.73. The number of rotatable bonds is 5. The Hall–Kier alpha value is -1.62. The summed E-state index contributed by atoms with van der Waals surface area (Å²) in [4.78, 5) is 12.0. The van der Waals surface area contributed by atoms with E-state index in [1.165, 1.54) is 0 Å². The van der Waals surface area contributed by atoms with Gasteiger partial charge in [-0.05, 0) is 26.3 Å². The second kappa shape index (κ2) is 5.14. The van der Waals surface area contributed by atoms with Gasteiger partial charge in [0.2, 0.25) is 0 Å². The Kier molecular flexibility index (Phi) is 3.58. The Bertz CT molecular complexity index is 492. The number of fused-ring (bicyclic) bond motifs is 1. The van der Waals surface area contributed by atoms with E-state index in [1.54, 1.807) is 0 Å². The van der Waals surface area contributed by atoms with E-state index >= 15 is 0 Å². The number of hydrogen-bond donors (Lipinski definition) is 3. The molecule has 0 saturated heterocycles. The molecule has 0 aliphatic carbocycles. The number of aryl methyl sites for hydroxylation is 1. The van der Waals surface area contributed by atoms with Crippen molar-refractivity contribution in [3.8, 4) is 0 Å². The van der Waals surface area contributed by atoms with Gasteiger partial charge in [0.1, 0.15) is 17.3 Å². The van der Waals surface area contributed by atoms with E-state index < -0.39 is 0 Å². The van der Waals surface area contributed by atoms with Gasteiger partial charge >= 0.3 is 0 Å². The SMILES string of the molecule is CC(C)Nc1nc(CCCO)nc2[nH]ccc12. The van der Waals surface area contributed by atoms with Crippen molar-refractivity contribution in [2.75, 3.05) is 11.9 Å². The van der Waals surface area contributed by atoms with Crippen LogP contribution in [0, 0.1) is 0 Å². The molecular weight excluding hydrogens is 216 g/mol. The number of anilines is 1. The molecule has 0 unspecified atom stereocenters. The van der Waals surface area contributed by atoms with Crippen LogP contribution >= 0.6 is 0 Å². The highest BCUT2D eigenvalue weighted by molar-refractivity contribution is 5.87. The molecule has 17 heavy (non-hydrogen) atoms. The van der Waals surface area contributed by atoms with Crippen LogP contribution in [0.4, 0.5) is 5.82 Å². The van der Waals surface area contributed by atoms with Crippen molar-refractivity contribution in [1.82, 2.24) is 15.0 Å². The van der Waals surface area contributed by atoms with Crippen LogP contribution in [0.15, 0.2) is 12.3 Å². The molecule has 0 amide bonds. The highest BCUT2D eigenvalue weighted by Crippen LogP contribution is 2.20. The van der Waals surface area contributed by atoms with Crippen molar-refractivity contribution >= 4 is 16.9 Å². The molecule has 3 N–H and O–H groups in total. The van der Waals surface area contributed by atoms with Crippen LogP contribution in [-0.4, -0.2) is 32.7 Å². The van der Waals surface area contributed by atoms with Gasteiger partial charge in [-0.3, -0.25) is 0 Å². The molecule has 0 aliphatic rings. The Labute approximate surface area is 100 Å². The normalized spacial score (nSPS) is 11.3. The van der Waals surface area contributed by atoms with Crippen LogP contribution in [0.25, 0.3) is 11.0 Å². The lowest BCUT2D eigenvalue weighted by Gasteiger charge is -2.11. The standard InChI is InChI=1S/C12H18N4O/c1-8(2)14-12-9-5-6-13-11(9)15-10(16-12)4-3-7-17/h5-6,8,17H,3-4,7H2,1-2H3,(H2,13,14,15,16). The molecule has 2 rings (SSSR count). The van der Waals surface area contributed by atoms with Crippen molar-refractivity contribution in [3.63, 3.8) is 0 Å². The average molecular weight is 234 g/mol. The van der Waals surface area contributed by atoms with Crippen molar-refractivity contribution in [1.29, 1.82) is 0 Å². The maximum absolute atomic E-state index is 8.84. The highest BCUT2D eigenvalue weighted by Gasteiger charge is 2.09. The van der Waals surface area contributed by atoms with Gasteiger partial charge < -0.3 is 15.4 Å². The zero-order valence-corrected chi connectivity index (χ0v) is 10.2. The van der Waals surface area contributed by atoms with Gasteiger partial charge in [0.25, 0.3) is 0 Å². The number of aromatic amines is 1. The number of hydrogen-bond acceptors (Lipinski definition) is 4. The van der Waals surface area contributed by atoms with Crippen LogP contribution in [0.3, 0.4) is 0 Å². The van der Waals surface area contributed by atoms with Gasteiger partial charge in [-0.1, -0.05) is 0 Å². The monoisotopic (exact) mass is 234 g/mol. The first-order valence-corrected chi connectivity index (χ1v) is 5.92. The Morgan fingerprint density at radius 3 is 2.94 bits per heavy atom. The lowest BCUT2D eigenvalue weighted by Crippen LogP contribution is -2.12. The number of aromatic nitrogens is 3. The van der Waals surface area contributed by atoms with E-state index in [2.05, 4.69) is 34.1 Å². The highest BCUT2D eigenvalue weighted by atomic mass is 16.2. The molecule has 0 atom stereocenters. The van der Waals surface area contributed by atoms with Crippen LogP contribution < -0.4 is 5.32 Å². The van der Waals surface area contributed by atoms with Gasteiger partial charge in [-0.25, -0.2) is 9.97 Å². The third-order valence-corrected chi connectivity index (χ3v) is 2.45. The second-order valence-electron chi connectivity index (χ2n) is 4.35. The van der Waals surface area contributed by atoms with Gasteiger partial charge in [0.05, 0.1) is 5.39 Å². The maximum Gasteiger partial charge on any atom is 0.143 e. The predicted octanol–water partition coefficient (Wildman–Crippen LogP) is 1.70. The molecule has 5 heteroatoms. The maximum atomic E-state index is 8.84. The summed E-state index contributed by atoms with van der Waals surface area (Å²) < 4.78 is 0. The summed E-state index contributed by atoms with van der Waals surface area (Å²) >= 11 is 0. The summed E-state index contributed by atoms with van der Waals surface area (Å²) in [6, 6.07) is 2.30. The van der Waals surface area contributed by atoms with E-state index in [1.807, 2.05) is 12.3 Å². The van der Waals surface area contributed by atoms with Gasteiger partial charge in [0.15, 0.2) is 0 Å². The fraction of sp³-hybridized carbons (Fsp3) is 0.500. The van der Waals surface area contributed by atoms with Crippen molar-refractivity contribution in [3.05, 3.63) is 18.1 Å². The molecular formula is C12H18N4O. The largest absolute Gasteiger partial charge is 0.396 e. The lowest BCUT2D eigenvalue weighted by molar-refractivity contribution is 0.287. The molecule has 92 valence electrons. The number of H-pyrrole nitrogens is 1. The molecule has 2 heterocycles. The molecule has 0 fully saturated rings. The molecule has 0 aliphatic heterocycles. The first-order chi connectivity index (χ1) is 8.20. The van der Waals surface area contributed by atoms with E-state index in [-0.39, 0.29) is 6.61 Å². The molecule has 5 nitrogen and oxygen atoms in total. The Morgan fingerprint density at radius 1 is 1.41 bits per heavy atom. The molecule has 0 aromatic carbocycles. The Morgan fingerprint density at radius 2 is 2.24 bits per heavy atom. The minimum Gasteiger partial charge on any atom is -0.396 e. The van der Waals surface area contributed by atoms with Gasteiger partial charge in [-0.15, -0.1) is 0 Å². The first-order valence-electron chi connectivity index (χ1n) is 5.92. The third-order valence-electron chi connectivity index (χ3n) is 2.45. The van der Waals surface area contributed by atoms with Crippen LogP contribution in [-0.2, 0) is 6.42 Å². The molecule has 0 radical (unpaired) electrons. The molecule has 0 saturated carbocycles. The van der Waals surface area contributed by atoms with E-state index in [4.69, 9.17) is 5.11 Å². The molecule has 2 aromatic heterocycles. The minimum atomic E-state index is 0.166. The zero-order chi connectivity index (χ0) is 12.3. The number of aliphatic hydroxyl groups excluding tert-OH is 1. The van der Waals surface area contributed by atoms with E-state index in [0.29, 0.717) is 18.9 Å². The minimum absolute atomic E-state index is 0.166. The third kappa shape index (κ3) is 2.74. The van der Waals surface area contributed by atoms with Crippen molar-refractivity contribution < 1.29 is 5.11 Å². The quantitative estimate of drug-likeness (QED) is 0.736. The molecule has 2 aromatic rings. The summed E-state index contributed by atoms with van der Waals surface area (Å²) in [7, 11) is 0. The van der Waals surface area contributed by atoms with Gasteiger partial charge in [0, 0.05) is 25.3 Å². The first kappa shape index (κ1) is 11.9. The van der Waals surface area contributed by atoms with Crippen LogP contribution in [0.1, 0.15) is 26.1 Å². The smallest absolute Gasteiger partial charge is 0.143 e. The summed E-state index contributed by atoms with van der Waals surface area (Å²) in [5.41, 5.74) is 0.844. The van der Waals surface area contributed by atoms with Crippen LogP contribution in [0.5, 0.6) is 0 Å². The molecule has 0 bridgehead atoms. The molecule has 0 spiro atoms. The number of nitrogens with one attached hydrogen (secondary N) is 2. The Balaban J connectivity index is 2.36. The van der Waals surface area contributed by atoms with E-state index in [0.717, 1.165) is 22.7 Å². The summed E-state index contributed by atoms with van der Waals surface area (Å²) in [5, 5.41) is 13.2.